The summed E-state index contributed by atoms with van der Waals surface area (Å²) < 4.78 is 0. The fourth-order valence-corrected chi connectivity index (χ4v) is 2.98. The van der Waals surface area contributed by atoms with Crippen molar-refractivity contribution >= 4 is 11.3 Å². The molecule has 0 aliphatic carbocycles. The van der Waals surface area contributed by atoms with Gasteiger partial charge in [0.15, 0.2) is 0 Å². The zero-order valence-electron chi connectivity index (χ0n) is 10.6. The number of benzene rings is 1. The average molecular weight is 246 g/mol. The Morgan fingerprint density at radius 3 is 2.35 bits per heavy atom. The van der Waals surface area contributed by atoms with Crippen molar-refractivity contribution in [2.75, 3.05) is 0 Å². The second-order valence-corrected chi connectivity index (χ2v) is 5.43. The van der Waals surface area contributed by atoms with Crippen molar-refractivity contribution < 1.29 is 0 Å². The summed E-state index contributed by atoms with van der Waals surface area (Å²) in [5.41, 5.74) is 12.0. The van der Waals surface area contributed by atoms with Crippen LogP contribution in [0.2, 0.25) is 0 Å². The van der Waals surface area contributed by atoms with E-state index in [1.54, 1.807) is 11.3 Å². The van der Waals surface area contributed by atoms with Crippen LogP contribution in [0.15, 0.2) is 17.5 Å². The molecule has 2 N–H and O–H groups in total. The van der Waals surface area contributed by atoms with Gasteiger partial charge in [0.25, 0.3) is 0 Å². The number of hydrogen-bond acceptors (Lipinski definition) is 3. The maximum Gasteiger partial charge on any atom is 0.0972 e. The van der Waals surface area contributed by atoms with Crippen molar-refractivity contribution in [2.24, 2.45) is 5.73 Å². The standard InChI is InChI=1S/C14H18N2S/c1-9-4-10(2)13(11(3)5-9)6-14-16-12(7-15)8-17-14/h4-5,8H,6-7,15H2,1-3H3. The third-order valence-electron chi connectivity index (χ3n) is 2.98. The molecule has 2 nitrogen and oxygen atoms in total. The van der Waals surface area contributed by atoms with Crippen LogP contribution in [-0.4, -0.2) is 4.98 Å². The Labute approximate surface area is 107 Å². The van der Waals surface area contributed by atoms with E-state index in [2.05, 4.69) is 37.9 Å². The molecule has 0 aliphatic rings. The van der Waals surface area contributed by atoms with Crippen LogP contribution in [0.5, 0.6) is 0 Å². The molecule has 1 heterocycles. The lowest BCUT2D eigenvalue weighted by atomic mass is 9.98. The Morgan fingerprint density at radius 1 is 1.18 bits per heavy atom. The van der Waals surface area contributed by atoms with E-state index in [-0.39, 0.29) is 0 Å². The fraction of sp³-hybridized carbons (Fsp3) is 0.357. The van der Waals surface area contributed by atoms with Crippen LogP contribution in [0, 0.1) is 20.8 Å². The van der Waals surface area contributed by atoms with E-state index in [4.69, 9.17) is 5.73 Å². The lowest BCUT2D eigenvalue weighted by Gasteiger charge is -2.09. The molecular formula is C14H18N2S. The van der Waals surface area contributed by atoms with Gasteiger partial charge in [0.05, 0.1) is 10.7 Å². The van der Waals surface area contributed by atoms with E-state index < -0.39 is 0 Å². The molecule has 0 bridgehead atoms. The Hall–Kier alpha value is -1.19. The Kier molecular flexibility index (Phi) is 3.60. The number of aromatic nitrogens is 1. The maximum atomic E-state index is 5.58. The van der Waals surface area contributed by atoms with Gasteiger partial charge in [0, 0.05) is 18.3 Å². The highest BCUT2D eigenvalue weighted by atomic mass is 32.1. The van der Waals surface area contributed by atoms with Crippen LogP contribution in [0.25, 0.3) is 0 Å². The van der Waals surface area contributed by atoms with Crippen LogP contribution in [0.3, 0.4) is 0 Å². The van der Waals surface area contributed by atoms with Crippen molar-refractivity contribution in [2.45, 2.75) is 33.7 Å². The summed E-state index contributed by atoms with van der Waals surface area (Å²) in [4.78, 5) is 4.52. The molecule has 0 radical (unpaired) electrons. The summed E-state index contributed by atoms with van der Waals surface area (Å²) in [6, 6.07) is 4.47. The normalized spacial score (nSPS) is 10.8. The lowest BCUT2D eigenvalue weighted by molar-refractivity contribution is 0.976. The minimum Gasteiger partial charge on any atom is -0.325 e. The molecule has 0 atom stereocenters. The Balaban J connectivity index is 2.29. The third-order valence-corrected chi connectivity index (χ3v) is 3.87. The van der Waals surface area contributed by atoms with E-state index in [9.17, 15) is 0 Å². The smallest absolute Gasteiger partial charge is 0.0972 e. The average Bonchev–Trinajstić information content (AvgIpc) is 2.71. The molecule has 1 aromatic carbocycles. The molecule has 0 fully saturated rings. The molecule has 0 saturated carbocycles. The van der Waals surface area contributed by atoms with Crippen molar-refractivity contribution in [3.63, 3.8) is 0 Å². The first-order valence-corrected chi connectivity index (χ1v) is 6.68. The number of hydrogen-bond donors (Lipinski definition) is 1. The zero-order chi connectivity index (χ0) is 12.4. The van der Waals surface area contributed by atoms with E-state index in [1.165, 1.54) is 22.3 Å². The quantitative estimate of drug-likeness (QED) is 0.903. The highest BCUT2D eigenvalue weighted by Gasteiger charge is 2.07. The van der Waals surface area contributed by atoms with Crippen molar-refractivity contribution in [1.82, 2.24) is 4.98 Å². The van der Waals surface area contributed by atoms with Gasteiger partial charge in [-0.15, -0.1) is 11.3 Å². The van der Waals surface area contributed by atoms with Gasteiger partial charge in [0.2, 0.25) is 0 Å². The largest absolute Gasteiger partial charge is 0.325 e. The van der Waals surface area contributed by atoms with Gasteiger partial charge in [-0.3, -0.25) is 0 Å². The number of aryl methyl sites for hydroxylation is 3. The van der Waals surface area contributed by atoms with Crippen LogP contribution in [0.1, 0.15) is 33.0 Å². The molecule has 0 aliphatic heterocycles. The fourth-order valence-electron chi connectivity index (χ4n) is 2.16. The van der Waals surface area contributed by atoms with Gasteiger partial charge in [-0.05, 0) is 37.5 Å². The van der Waals surface area contributed by atoms with Crippen LogP contribution >= 0.6 is 11.3 Å². The monoisotopic (exact) mass is 246 g/mol. The number of thiazole rings is 1. The van der Waals surface area contributed by atoms with E-state index in [0.29, 0.717) is 6.54 Å². The number of rotatable bonds is 3. The van der Waals surface area contributed by atoms with Crippen LogP contribution in [-0.2, 0) is 13.0 Å². The molecule has 2 rings (SSSR count). The summed E-state index contributed by atoms with van der Waals surface area (Å²) in [5, 5.41) is 3.20. The van der Waals surface area contributed by atoms with Gasteiger partial charge in [0.1, 0.15) is 0 Å². The Morgan fingerprint density at radius 2 is 1.82 bits per heavy atom. The maximum absolute atomic E-state index is 5.58. The van der Waals surface area contributed by atoms with E-state index in [0.717, 1.165) is 17.1 Å². The highest BCUT2D eigenvalue weighted by Crippen LogP contribution is 2.21. The minimum absolute atomic E-state index is 0.530. The first-order chi connectivity index (χ1) is 8.10. The highest BCUT2D eigenvalue weighted by molar-refractivity contribution is 7.09. The van der Waals surface area contributed by atoms with Gasteiger partial charge < -0.3 is 5.73 Å². The van der Waals surface area contributed by atoms with E-state index in [1.807, 2.05) is 5.38 Å². The second-order valence-electron chi connectivity index (χ2n) is 4.49. The van der Waals surface area contributed by atoms with Gasteiger partial charge in [-0.1, -0.05) is 17.7 Å². The molecule has 3 heteroatoms. The second kappa shape index (κ2) is 4.98. The molecule has 90 valence electrons. The predicted octanol–water partition coefficient (Wildman–Crippen LogP) is 3.12. The van der Waals surface area contributed by atoms with Crippen LogP contribution < -0.4 is 5.73 Å². The van der Waals surface area contributed by atoms with Gasteiger partial charge >= 0.3 is 0 Å². The molecule has 1 aromatic heterocycles. The summed E-state index contributed by atoms with van der Waals surface area (Å²) >= 11 is 1.70. The van der Waals surface area contributed by atoms with Crippen molar-refractivity contribution in [3.8, 4) is 0 Å². The van der Waals surface area contributed by atoms with Crippen molar-refractivity contribution in [3.05, 3.63) is 50.5 Å². The molecular weight excluding hydrogens is 228 g/mol. The molecule has 17 heavy (non-hydrogen) atoms. The first kappa shape index (κ1) is 12.3. The van der Waals surface area contributed by atoms with Gasteiger partial charge in [-0.25, -0.2) is 4.98 Å². The summed E-state index contributed by atoms with van der Waals surface area (Å²) in [6.07, 6.45) is 0.919. The molecule has 0 saturated heterocycles. The van der Waals surface area contributed by atoms with Crippen LogP contribution in [0.4, 0.5) is 0 Å². The van der Waals surface area contributed by atoms with E-state index >= 15 is 0 Å². The molecule has 2 aromatic rings. The summed E-state index contributed by atoms with van der Waals surface area (Å²) in [7, 11) is 0. The minimum atomic E-state index is 0.530. The molecule has 0 amide bonds. The molecule has 0 unspecified atom stereocenters. The van der Waals surface area contributed by atoms with Gasteiger partial charge in [-0.2, -0.15) is 0 Å². The Bertz CT molecular complexity index is 506. The first-order valence-electron chi connectivity index (χ1n) is 5.80. The molecule has 0 spiro atoms. The SMILES string of the molecule is Cc1cc(C)c(Cc2nc(CN)cs2)c(C)c1. The van der Waals surface area contributed by atoms with Crippen molar-refractivity contribution in [1.29, 1.82) is 0 Å². The summed E-state index contributed by atoms with van der Waals surface area (Å²) in [5.74, 6) is 0. The zero-order valence-corrected chi connectivity index (χ0v) is 11.4. The number of nitrogens with zero attached hydrogens (tertiary/aromatic N) is 1. The summed E-state index contributed by atoms with van der Waals surface area (Å²) in [6.45, 7) is 7.02. The number of nitrogens with two attached hydrogens (primary N) is 1. The predicted molar refractivity (Wildman–Crippen MR) is 73.5 cm³/mol. The third kappa shape index (κ3) is 2.73. The lowest BCUT2D eigenvalue weighted by Crippen LogP contribution is -1.99. The topological polar surface area (TPSA) is 38.9 Å².